The molecule has 0 saturated carbocycles. The molecule has 0 aliphatic rings. The van der Waals surface area contributed by atoms with E-state index in [1.54, 1.807) is 24.7 Å². The van der Waals surface area contributed by atoms with Crippen molar-refractivity contribution in [3.63, 3.8) is 0 Å². The maximum atomic E-state index is 13.3. The average molecular weight is 488 g/mol. The number of benzene rings is 2. The number of aryl methyl sites for hydroxylation is 1. The van der Waals surface area contributed by atoms with Gasteiger partial charge in [-0.05, 0) is 0 Å². The van der Waals surface area contributed by atoms with Crippen LogP contribution in [0.3, 0.4) is 0 Å². The molecule has 0 unspecified atom stereocenters. The van der Waals surface area contributed by atoms with Crippen LogP contribution < -0.4 is 13.6 Å². The van der Waals surface area contributed by atoms with E-state index in [1.165, 1.54) is 12.1 Å². The van der Waals surface area contributed by atoms with Crippen LogP contribution in [-0.2, 0) is 13.2 Å². The van der Waals surface area contributed by atoms with E-state index in [9.17, 15) is 4.39 Å². The summed E-state index contributed by atoms with van der Waals surface area (Å²) >= 11 is 5.97. The number of ether oxygens (including phenoxy) is 1. The molecule has 1 radical (unpaired) electrons. The van der Waals surface area contributed by atoms with Crippen molar-refractivity contribution in [1.82, 2.24) is 19.7 Å². The Kier molecular flexibility index (Phi) is 6.62. The van der Waals surface area contributed by atoms with Gasteiger partial charge in [0.2, 0.25) is 0 Å². The Hall–Kier alpha value is -2.47. The molecule has 9 heteroatoms. The number of hydrogen-bond donors (Lipinski definition) is 1. The Balaban J connectivity index is 1.52. The van der Waals surface area contributed by atoms with E-state index in [2.05, 4.69) is 15.1 Å². The second kappa shape index (κ2) is 9.56. The molecule has 1 N–H and O–H groups in total. The first-order valence-electron chi connectivity index (χ1n) is 9.30. The summed E-state index contributed by atoms with van der Waals surface area (Å²) in [5, 5.41) is 14.0. The summed E-state index contributed by atoms with van der Waals surface area (Å²) in [7, 11) is 0. The minimum absolute atomic E-state index is 0.102. The number of rotatable bonds is 8. The van der Waals surface area contributed by atoms with Crippen LogP contribution >= 0.6 is 11.6 Å². The summed E-state index contributed by atoms with van der Waals surface area (Å²) in [6.45, 7) is 0.945. The normalized spacial score (nSPS) is 11.6. The third-order valence-electron chi connectivity index (χ3n) is 4.37. The van der Waals surface area contributed by atoms with Gasteiger partial charge in [-0.15, -0.1) is 0 Å². The Morgan fingerprint density at radius 1 is 1.17 bits per heavy atom. The zero-order valence-corrected chi connectivity index (χ0v) is 18.5. The third kappa shape index (κ3) is 4.81. The van der Waals surface area contributed by atoms with E-state index in [1.807, 2.05) is 22.9 Å². The summed E-state index contributed by atoms with van der Waals surface area (Å²) in [5.74, 6) is 0.252. The Labute approximate surface area is 184 Å². The molecule has 2 aromatic heterocycles. The molecule has 0 atom stereocenters. The van der Waals surface area contributed by atoms with Gasteiger partial charge in [-0.2, -0.15) is 0 Å². The Morgan fingerprint density at radius 2 is 2.07 bits per heavy atom. The average Bonchev–Trinajstić information content (AvgIpc) is 3.16. The first-order valence-corrected chi connectivity index (χ1v) is 11.6. The van der Waals surface area contributed by atoms with E-state index in [4.69, 9.17) is 21.4 Å². The van der Waals surface area contributed by atoms with Gasteiger partial charge < -0.3 is 0 Å². The first-order chi connectivity index (χ1) is 14.6. The number of nitrogens with zero attached hydrogens (tertiary/aromatic N) is 4. The van der Waals surface area contributed by atoms with Gasteiger partial charge in [0.05, 0.1) is 0 Å². The molecule has 0 fully saturated rings. The van der Waals surface area contributed by atoms with E-state index in [0.29, 0.717) is 23.7 Å². The molecular weight excluding hydrogens is 470 g/mol. The van der Waals surface area contributed by atoms with Crippen LogP contribution in [0.25, 0.3) is 11.0 Å². The van der Waals surface area contributed by atoms with Gasteiger partial charge in [-0.1, -0.05) is 0 Å². The van der Waals surface area contributed by atoms with Gasteiger partial charge in [-0.3, -0.25) is 0 Å². The maximum absolute atomic E-state index is 13.3. The zero-order valence-electron chi connectivity index (χ0n) is 15.9. The zero-order chi connectivity index (χ0) is 20.9. The van der Waals surface area contributed by atoms with Crippen LogP contribution in [0, 0.1) is 5.82 Å². The number of hydrogen-bond acceptors (Lipinski definition) is 5. The quantitative estimate of drug-likeness (QED) is 0.386. The molecule has 2 aromatic carbocycles. The van der Waals surface area contributed by atoms with Crippen LogP contribution in [0.15, 0.2) is 55.0 Å². The van der Waals surface area contributed by atoms with Crippen molar-refractivity contribution < 1.29 is 14.2 Å². The number of aromatic nitrogens is 4. The monoisotopic (exact) mass is 487 g/mol. The van der Waals surface area contributed by atoms with Gasteiger partial charge in [0.15, 0.2) is 0 Å². The second-order valence-corrected chi connectivity index (χ2v) is 9.37. The van der Waals surface area contributed by atoms with Gasteiger partial charge in [0.25, 0.3) is 0 Å². The Bertz CT molecular complexity index is 1170. The molecule has 0 saturated heterocycles. The minimum atomic E-state index is -0.458. The van der Waals surface area contributed by atoms with Gasteiger partial charge >= 0.3 is 185 Å². The van der Waals surface area contributed by atoms with Crippen LogP contribution in [0.1, 0.15) is 12.0 Å². The van der Waals surface area contributed by atoms with Crippen molar-refractivity contribution in [1.29, 1.82) is 0 Å². The van der Waals surface area contributed by atoms with E-state index in [-0.39, 0.29) is 19.0 Å². The Morgan fingerprint density at radius 3 is 2.87 bits per heavy atom. The number of aliphatic hydroxyl groups excluding tert-OH is 1. The molecule has 0 spiro atoms. The molecule has 6 nitrogen and oxygen atoms in total. The summed E-state index contributed by atoms with van der Waals surface area (Å²) in [4.78, 5) is 8.77. The fourth-order valence-corrected chi connectivity index (χ4v) is 5.53. The predicted molar refractivity (Wildman–Crippen MR) is 114 cm³/mol. The molecule has 0 aliphatic heterocycles. The topological polar surface area (TPSA) is 73.1 Å². The summed E-state index contributed by atoms with van der Waals surface area (Å²) in [5.41, 5.74) is 2.42. The summed E-state index contributed by atoms with van der Waals surface area (Å²) in [6, 6.07) is 12.0. The molecule has 4 aromatic rings. The number of aliphatic hydroxyl groups is 1. The molecule has 0 aliphatic carbocycles. The van der Waals surface area contributed by atoms with Crippen LogP contribution in [-0.4, -0.2) is 47.2 Å². The van der Waals surface area contributed by atoms with E-state index in [0.717, 1.165) is 25.4 Å². The number of halogens is 2. The predicted octanol–water partition coefficient (Wildman–Crippen LogP) is 2.24. The molecule has 2 heterocycles. The van der Waals surface area contributed by atoms with Crippen LogP contribution in [0.5, 0.6) is 5.75 Å². The van der Waals surface area contributed by atoms with Crippen LogP contribution in [0.4, 0.5) is 4.39 Å². The summed E-state index contributed by atoms with van der Waals surface area (Å²) in [6.07, 6.45) is 3.88. The molecular formula is C21H18AsClFN4O2. The van der Waals surface area contributed by atoms with Gasteiger partial charge in [0.1, 0.15) is 0 Å². The fourth-order valence-electron chi connectivity index (χ4n) is 2.97. The van der Waals surface area contributed by atoms with Gasteiger partial charge in [-0.25, -0.2) is 0 Å². The first kappa shape index (κ1) is 20.8. The van der Waals surface area contributed by atoms with Crippen molar-refractivity contribution >= 4 is 47.2 Å². The summed E-state index contributed by atoms with van der Waals surface area (Å²) < 4.78 is 22.9. The van der Waals surface area contributed by atoms with Crippen molar-refractivity contribution in [2.24, 2.45) is 0 Å². The molecule has 30 heavy (non-hydrogen) atoms. The standard InChI is InChI=1S/C21H18AsClFN4O2/c23-17-10-15(5-6-19(17)30-12-14-3-1-4-16(24)9-14)22-21-20-18(25-13-26-21)11-27-28(20)7-2-8-29/h1,3-6,9-11,13,29H,2,7-8,12H2. The molecule has 4 rings (SSSR count). The van der Waals surface area contributed by atoms with E-state index >= 15 is 0 Å². The fraction of sp³-hybridized carbons (Fsp3) is 0.190. The second-order valence-electron chi connectivity index (χ2n) is 6.52. The van der Waals surface area contributed by atoms with Crippen molar-refractivity contribution in [2.45, 2.75) is 19.6 Å². The molecule has 153 valence electrons. The number of fused-ring (bicyclic) bond motifs is 1. The third-order valence-corrected chi connectivity index (χ3v) is 6.92. The molecule has 0 bridgehead atoms. The van der Waals surface area contributed by atoms with Crippen LogP contribution in [0.2, 0.25) is 5.02 Å². The van der Waals surface area contributed by atoms with E-state index < -0.39 is 15.8 Å². The van der Waals surface area contributed by atoms with Crippen molar-refractivity contribution in [3.05, 3.63) is 71.4 Å². The SMILES string of the molecule is OCCCn1ncc2ncnc([As]c3ccc(OCc4cccc(F)c4)c(Cl)c3)c21. The van der Waals surface area contributed by atoms with Crippen molar-refractivity contribution in [3.8, 4) is 5.75 Å². The van der Waals surface area contributed by atoms with Crippen molar-refractivity contribution in [2.75, 3.05) is 6.61 Å². The molecule has 0 amide bonds. The van der Waals surface area contributed by atoms with Gasteiger partial charge in [0, 0.05) is 0 Å².